The minimum atomic E-state index is -4.67. The van der Waals surface area contributed by atoms with Crippen molar-refractivity contribution < 1.29 is 43.9 Å². The lowest BCUT2D eigenvalue weighted by molar-refractivity contribution is -0.141. The van der Waals surface area contributed by atoms with E-state index >= 15 is 0 Å². The van der Waals surface area contributed by atoms with E-state index < -0.39 is 42.2 Å². The molecule has 12 aromatic heterocycles. The number of aromatic nitrogens is 20. The van der Waals surface area contributed by atoms with E-state index in [9.17, 15) is 43.9 Å². The third kappa shape index (κ3) is 15.5. The number of hydrogen-bond acceptors (Lipinski definition) is 20. The number of nitrogens with zero attached hydrogens (tertiary/aromatic N) is 20. The fraction of sp³-hybridized carbons (Fsp3) is 0.0986. The van der Waals surface area contributed by atoms with Crippen LogP contribution in [0.4, 0.5) is 67.7 Å². The van der Waals surface area contributed by atoms with Crippen LogP contribution in [-0.2, 0) is 6.18 Å². The minimum absolute atomic E-state index is 0.00428. The van der Waals surface area contributed by atoms with Crippen molar-refractivity contribution in [2.24, 2.45) is 0 Å². The van der Waals surface area contributed by atoms with Gasteiger partial charge in [-0.15, -0.1) is 40.8 Å². The van der Waals surface area contributed by atoms with Crippen molar-refractivity contribution >= 4 is 92.8 Å². The summed E-state index contributed by atoms with van der Waals surface area (Å²) in [7, 11) is 0. The van der Waals surface area contributed by atoms with Gasteiger partial charge in [-0.1, -0.05) is 58.5 Å². The first-order valence-corrected chi connectivity index (χ1v) is 33.1. The zero-order chi connectivity index (χ0) is 77.6. The summed E-state index contributed by atoms with van der Waals surface area (Å²) >= 11 is 23.8. The summed E-state index contributed by atoms with van der Waals surface area (Å²) in [6.07, 6.45) is -4.57. The maximum atomic E-state index is 14.6. The van der Waals surface area contributed by atoms with Crippen molar-refractivity contribution in [3.63, 3.8) is 0 Å². The second-order valence-electron chi connectivity index (χ2n) is 23.8. The van der Waals surface area contributed by atoms with Gasteiger partial charge >= 0.3 is 6.18 Å². The molecule has 16 aromatic rings. The zero-order valence-corrected chi connectivity index (χ0v) is 59.2. The highest BCUT2D eigenvalue weighted by Gasteiger charge is 2.34. The standard InChI is InChI=1S/C18H11ClF4N6.C18H13ClF2N6.C18H13F3N6.C17H11Cl2FN6/c1-8-4-9(5-13(26-8)18(21,22)23)14-15(11-3-2-10(19)6-12(11)20)27-17(24)29-7-25-28-16(14)29;2*1-9-6-11(7-13(24-9)16(20)21)14-15(10-2-4-12(19)5-3-10)25-18(22)27-8-23-26-17(14)27;1-8-4-9(5-13(19)23-8)14-15(11-3-2-10(18)6-12(11)20)24-17(21)26-7-22-25-16(14)26/h2-7H,1H3,(H2,24,27);2*2-8,16H,1H3,(H2,22,25);2-7H,1H3,(H2,21,24). The molecule has 38 heteroatoms. The van der Waals surface area contributed by atoms with Crippen LogP contribution in [0.5, 0.6) is 0 Å². The number of pyridine rings is 4. The average molecular weight is 1570 g/mol. The number of nitrogen functional groups attached to an aromatic ring is 4. The summed E-state index contributed by atoms with van der Waals surface area (Å²) in [5.74, 6) is -1.25. The van der Waals surface area contributed by atoms with Crippen LogP contribution in [0.1, 0.15) is 52.7 Å². The molecule has 0 unspecified atom stereocenters. The van der Waals surface area contributed by atoms with E-state index in [4.69, 9.17) is 69.3 Å². The Bertz CT molecular complexity index is 5980. The quantitative estimate of drug-likeness (QED) is 0.0730. The molecular formula is C71H48Cl4F10N24. The number of nitrogens with two attached hydrogens (primary N) is 4. The Morgan fingerprint density at radius 2 is 0.670 bits per heavy atom. The zero-order valence-electron chi connectivity index (χ0n) is 56.2. The van der Waals surface area contributed by atoms with E-state index in [0.29, 0.717) is 100 Å². The SMILES string of the molecule is Cc1cc(-c2c(-c3ccc(Cl)cc3)nc(N)n3cnnc23)cc(C(F)F)n1.Cc1cc(-c2c(-c3ccc(Cl)cc3F)nc(N)n3cnnc23)cc(C(F)(F)F)n1.Cc1cc(-c2c(-c3ccc(Cl)cc3F)nc(N)n3cnnc23)cc(Cl)n1.Cc1cc(-c2c(-c3ccc(F)cc3)nc(N)n3cnnc23)cc(C(F)F)n1. The van der Waals surface area contributed by atoms with Crippen molar-refractivity contribution in [3.05, 3.63) is 236 Å². The molecule has 16 rings (SSSR count). The average Bonchev–Trinajstić information content (AvgIpc) is 1.75. The first-order chi connectivity index (χ1) is 52.0. The third-order valence-corrected chi connectivity index (χ3v) is 17.2. The van der Waals surface area contributed by atoms with Gasteiger partial charge in [0.1, 0.15) is 65.0 Å². The molecule has 0 fully saturated rings. The van der Waals surface area contributed by atoms with Crippen LogP contribution in [0, 0.1) is 45.1 Å². The number of alkyl halides is 7. The van der Waals surface area contributed by atoms with Gasteiger partial charge in [0.15, 0.2) is 22.6 Å². The molecule has 0 bridgehead atoms. The lowest BCUT2D eigenvalue weighted by Gasteiger charge is -2.15. The van der Waals surface area contributed by atoms with Gasteiger partial charge in [0.25, 0.3) is 12.9 Å². The third-order valence-electron chi connectivity index (χ3n) is 16.2. The Labute approximate surface area is 627 Å². The van der Waals surface area contributed by atoms with Gasteiger partial charge < -0.3 is 22.9 Å². The topological polar surface area (TPSA) is 328 Å². The van der Waals surface area contributed by atoms with Crippen LogP contribution < -0.4 is 22.9 Å². The summed E-state index contributed by atoms with van der Waals surface area (Å²) in [6, 6.07) is 32.6. The summed E-state index contributed by atoms with van der Waals surface area (Å²) in [5, 5.41) is 33.0. The molecule has 0 aliphatic rings. The number of rotatable bonds is 10. The molecule has 550 valence electrons. The normalized spacial score (nSPS) is 11.5. The number of aryl methyl sites for hydroxylation is 4. The molecule has 0 spiro atoms. The highest BCUT2D eigenvalue weighted by molar-refractivity contribution is 6.31. The number of hydrogen-bond donors (Lipinski definition) is 4. The minimum Gasteiger partial charge on any atom is -0.369 e. The molecule has 4 aromatic carbocycles. The van der Waals surface area contributed by atoms with Crippen molar-refractivity contribution in [1.29, 1.82) is 0 Å². The van der Waals surface area contributed by atoms with Gasteiger partial charge in [-0.3, -0.25) is 27.6 Å². The molecule has 109 heavy (non-hydrogen) atoms. The van der Waals surface area contributed by atoms with Crippen LogP contribution in [0.15, 0.2) is 159 Å². The van der Waals surface area contributed by atoms with E-state index in [1.54, 1.807) is 68.4 Å². The Hall–Kier alpha value is -12.7. The predicted molar refractivity (Wildman–Crippen MR) is 389 cm³/mol. The van der Waals surface area contributed by atoms with Crippen molar-refractivity contribution in [1.82, 2.24) is 98.3 Å². The molecule has 0 aliphatic heterocycles. The summed E-state index contributed by atoms with van der Waals surface area (Å²) in [4.78, 5) is 32.9. The Balaban J connectivity index is 0.000000128. The van der Waals surface area contributed by atoms with Crippen LogP contribution in [0.3, 0.4) is 0 Å². The van der Waals surface area contributed by atoms with Crippen LogP contribution in [0.25, 0.3) is 112 Å². The largest absolute Gasteiger partial charge is 0.433 e. The number of halogens is 14. The van der Waals surface area contributed by atoms with Crippen molar-refractivity contribution in [3.8, 4) is 89.5 Å². The summed E-state index contributed by atoms with van der Waals surface area (Å²) < 4.78 is 141. The molecule has 0 amide bonds. The molecule has 24 nitrogen and oxygen atoms in total. The molecular weight excluding hydrogens is 1520 g/mol. The second-order valence-corrected chi connectivity index (χ2v) is 25.5. The van der Waals surface area contributed by atoms with E-state index in [2.05, 4.69) is 80.7 Å². The van der Waals surface area contributed by atoms with E-state index in [-0.39, 0.29) is 84.5 Å². The van der Waals surface area contributed by atoms with Crippen LogP contribution in [-0.4, -0.2) is 98.3 Å². The highest BCUT2D eigenvalue weighted by atomic mass is 35.5. The summed E-state index contributed by atoms with van der Waals surface area (Å²) in [5.41, 5.74) is 31.4. The fourth-order valence-electron chi connectivity index (χ4n) is 11.7. The number of anilines is 4. The maximum absolute atomic E-state index is 14.6. The van der Waals surface area contributed by atoms with Gasteiger partial charge in [0, 0.05) is 60.1 Å². The van der Waals surface area contributed by atoms with Gasteiger partial charge in [0.2, 0.25) is 23.8 Å². The molecule has 8 N–H and O–H groups in total. The first-order valence-electron chi connectivity index (χ1n) is 31.6. The van der Waals surface area contributed by atoms with Crippen LogP contribution in [0.2, 0.25) is 20.2 Å². The smallest absolute Gasteiger partial charge is 0.369 e. The molecule has 0 saturated carbocycles. The molecule has 0 aliphatic carbocycles. The maximum Gasteiger partial charge on any atom is 0.433 e. The molecule has 12 heterocycles. The summed E-state index contributed by atoms with van der Waals surface area (Å²) in [6.45, 7) is 6.51. The number of benzene rings is 4. The molecule has 0 radical (unpaired) electrons. The highest BCUT2D eigenvalue weighted by Crippen LogP contribution is 2.43. The van der Waals surface area contributed by atoms with Crippen LogP contribution >= 0.6 is 46.4 Å². The number of fused-ring (bicyclic) bond motifs is 4. The Morgan fingerprint density at radius 3 is 1.03 bits per heavy atom. The monoisotopic (exact) mass is 1570 g/mol. The molecule has 0 saturated heterocycles. The van der Waals surface area contributed by atoms with Gasteiger partial charge in [-0.05, 0) is 171 Å². The lowest BCUT2D eigenvalue weighted by atomic mass is 9.99. The predicted octanol–water partition coefficient (Wildman–Crippen LogP) is 16.9. The van der Waals surface area contributed by atoms with E-state index in [0.717, 1.165) is 17.7 Å². The Kier molecular flexibility index (Phi) is 20.7. The van der Waals surface area contributed by atoms with E-state index in [1.807, 2.05) is 13.0 Å². The lowest BCUT2D eigenvalue weighted by Crippen LogP contribution is -2.10. The fourth-order valence-corrected chi connectivity index (χ4v) is 12.4. The Morgan fingerprint density at radius 1 is 0.349 bits per heavy atom. The second kappa shape index (κ2) is 30.3. The van der Waals surface area contributed by atoms with Gasteiger partial charge in [-0.2, -0.15) is 13.2 Å². The van der Waals surface area contributed by atoms with Gasteiger partial charge in [0.05, 0.1) is 45.0 Å². The van der Waals surface area contributed by atoms with Crippen molar-refractivity contribution in [2.75, 3.05) is 22.9 Å². The van der Waals surface area contributed by atoms with Gasteiger partial charge in [-0.25, -0.2) is 60.6 Å². The van der Waals surface area contributed by atoms with Crippen molar-refractivity contribution in [2.45, 2.75) is 46.7 Å². The molecule has 0 atom stereocenters. The van der Waals surface area contributed by atoms with E-state index in [1.165, 1.54) is 110 Å². The first kappa shape index (κ1) is 74.6.